The smallest absolute Gasteiger partial charge is 0.186 e. The number of Topliss-reactive ketones (excluding diaryl/α,β-unsaturated/α-hetero) is 1. The van der Waals surface area contributed by atoms with Gasteiger partial charge in [-0.3, -0.25) is 9.48 Å². The fraction of sp³-hybridized carbons (Fsp3) is 0.286. The Morgan fingerprint density at radius 2 is 2.00 bits per heavy atom. The van der Waals surface area contributed by atoms with Crippen LogP contribution in [0.3, 0.4) is 0 Å². The van der Waals surface area contributed by atoms with Gasteiger partial charge in [-0.15, -0.1) is 0 Å². The fourth-order valence-corrected chi connectivity index (χ4v) is 3.01. The first-order chi connectivity index (χ1) is 9.54. The number of ketones is 1. The van der Waals surface area contributed by atoms with Gasteiger partial charge in [-0.05, 0) is 40.0 Å². The minimum absolute atomic E-state index is 0.0576. The zero-order chi connectivity index (χ0) is 14.7. The van der Waals surface area contributed by atoms with E-state index < -0.39 is 0 Å². The molecule has 2 aromatic rings. The molecule has 3 nitrogen and oxygen atoms in total. The van der Waals surface area contributed by atoms with E-state index in [9.17, 15) is 4.79 Å². The molecule has 2 rings (SSSR count). The molecule has 1 heterocycles. The first-order valence-electron chi connectivity index (χ1n) is 6.22. The molecule has 0 fully saturated rings. The summed E-state index contributed by atoms with van der Waals surface area (Å²) in [6.45, 7) is 2.73. The molecule has 0 radical (unpaired) electrons. The van der Waals surface area contributed by atoms with Gasteiger partial charge in [-0.25, -0.2) is 0 Å². The Labute approximate surface area is 136 Å². The Morgan fingerprint density at radius 3 is 2.60 bits per heavy atom. The molecule has 0 amide bonds. The number of rotatable bonds is 5. The monoisotopic (exact) mass is 374 g/mol. The lowest BCUT2D eigenvalue weighted by atomic mass is 10.1. The highest BCUT2D eigenvalue weighted by atomic mass is 79.9. The number of benzene rings is 1. The van der Waals surface area contributed by atoms with Crippen LogP contribution in [0.5, 0.6) is 0 Å². The third kappa shape index (κ3) is 3.25. The minimum atomic E-state index is -0.0576. The number of hydrogen-bond acceptors (Lipinski definition) is 2. The second-order valence-corrected chi connectivity index (χ2v) is 6.03. The van der Waals surface area contributed by atoms with Crippen molar-refractivity contribution in [2.45, 2.75) is 26.3 Å². The van der Waals surface area contributed by atoms with Crippen LogP contribution < -0.4 is 0 Å². The van der Waals surface area contributed by atoms with E-state index in [4.69, 9.17) is 23.2 Å². The number of carbonyl (C=O) groups is 1. The number of halogens is 3. The summed E-state index contributed by atoms with van der Waals surface area (Å²) in [6, 6.07) is 5.22. The Hall–Kier alpha value is -0.840. The number of nitrogens with zero attached hydrogens (tertiary/aromatic N) is 2. The maximum Gasteiger partial charge on any atom is 0.186 e. The Morgan fingerprint density at radius 1 is 1.35 bits per heavy atom. The third-order valence-electron chi connectivity index (χ3n) is 2.89. The van der Waals surface area contributed by atoms with E-state index in [0.717, 1.165) is 6.42 Å². The lowest BCUT2D eigenvalue weighted by Crippen LogP contribution is -2.13. The van der Waals surface area contributed by atoms with Crippen molar-refractivity contribution >= 4 is 44.9 Å². The molecule has 0 N–H and O–H groups in total. The minimum Gasteiger partial charge on any atom is -0.292 e. The normalized spacial score (nSPS) is 10.8. The Kier molecular flexibility index (Phi) is 5.24. The summed E-state index contributed by atoms with van der Waals surface area (Å²) in [4.78, 5) is 12.5. The average molecular weight is 376 g/mol. The molecule has 0 saturated heterocycles. The summed E-state index contributed by atoms with van der Waals surface area (Å²) in [5.74, 6) is -0.0576. The molecule has 0 aliphatic carbocycles. The summed E-state index contributed by atoms with van der Waals surface area (Å²) < 4.78 is 2.40. The molecule has 1 aromatic carbocycles. The predicted molar refractivity (Wildman–Crippen MR) is 84.7 cm³/mol. The lowest BCUT2D eigenvalue weighted by Gasteiger charge is -2.08. The first kappa shape index (κ1) is 15.5. The van der Waals surface area contributed by atoms with Crippen molar-refractivity contribution in [2.75, 3.05) is 0 Å². The highest BCUT2D eigenvalue weighted by Crippen LogP contribution is 2.27. The standard InChI is InChI=1S/C14H13BrCl2N2O/c1-2-6-19-14(10(15)8-18-19)13(20)7-9-11(16)4-3-5-12(9)17/h3-5,8H,2,6-7H2,1H3. The van der Waals surface area contributed by atoms with E-state index in [1.165, 1.54) is 0 Å². The quantitative estimate of drug-likeness (QED) is 0.704. The van der Waals surface area contributed by atoms with Crippen LogP contribution in [0.4, 0.5) is 0 Å². The van der Waals surface area contributed by atoms with Crippen molar-refractivity contribution < 1.29 is 4.79 Å². The predicted octanol–water partition coefficient (Wildman–Crippen LogP) is 4.79. The second-order valence-electron chi connectivity index (χ2n) is 4.36. The molecule has 0 aliphatic heterocycles. The molecule has 6 heteroatoms. The van der Waals surface area contributed by atoms with Crippen molar-refractivity contribution in [3.05, 3.63) is 50.2 Å². The summed E-state index contributed by atoms with van der Waals surface area (Å²) in [7, 11) is 0. The average Bonchev–Trinajstić information content (AvgIpc) is 2.76. The molecule has 20 heavy (non-hydrogen) atoms. The van der Waals surface area contributed by atoms with Crippen LogP contribution in [0.2, 0.25) is 10.0 Å². The van der Waals surface area contributed by atoms with Crippen LogP contribution in [-0.2, 0) is 13.0 Å². The van der Waals surface area contributed by atoms with Crippen molar-refractivity contribution in [1.29, 1.82) is 0 Å². The maximum atomic E-state index is 12.5. The van der Waals surface area contributed by atoms with Crippen LogP contribution in [0.1, 0.15) is 29.4 Å². The van der Waals surface area contributed by atoms with E-state index in [2.05, 4.69) is 21.0 Å². The van der Waals surface area contributed by atoms with Gasteiger partial charge >= 0.3 is 0 Å². The van der Waals surface area contributed by atoms with Crippen LogP contribution >= 0.6 is 39.1 Å². The lowest BCUT2D eigenvalue weighted by molar-refractivity contribution is 0.0981. The summed E-state index contributed by atoms with van der Waals surface area (Å²) >= 11 is 15.6. The van der Waals surface area contributed by atoms with Gasteiger partial charge in [0.25, 0.3) is 0 Å². The van der Waals surface area contributed by atoms with E-state index in [1.807, 2.05) is 6.92 Å². The molecule has 0 saturated carbocycles. The van der Waals surface area contributed by atoms with E-state index in [0.29, 0.717) is 32.3 Å². The highest BCUT2D eigenvalue weighted by Gasteiger charge is 2.19. The number of aryl methyl sites for hydroxylation is 1. The third-order valence-corrected chi connectivity index (χ3v) is 4.18. The van der Waals surface area contributed by atoms with Gasteiger partial charge in [-0.2, -0.15) is 5.10 Å². The van der Waals surface area contributed by atoms with E-state index in [1.54, 1.807) is 29.1 Å². The largest absolute Gasteiger partial charge is 0.292 e. The van der Waals surface area contributed by atoms with Crippen molar-refractivity contribution in [3.8, 4) is 0 Å². The number of hydrogen-bond donors (Lipinski definition) is 0. The van der Waals surface area contributed by atoms with Gasteiger partial charge in [0.15, 0.2) is 5.78 Å². The second kappa shape index (κ2) is 6.74. The van der Waals surface area contributed by atoms with Crippen LogP contribution in [0, 0.1) is 0 Å². The van der Waals surface area contributed by atoms with Crippen LogP contribution in [0.15, 0.2) is 28.9 Å². The zero-order valence-corrected chi connectivity index (χ0v) is 14.0. The molecular formula is C14H13BrCl2N2O. The van der Waals surface area contributed by atoms with E-state index in [-0.39, 0.29) is 12.2 Å². The number of carbonyl (C=O) groups excluding carboxylic acids is 1. The zero-order valence-electron chi connectivity index (χ0n) is 10.9. The summed E-state index contributed by atoms with van der Waals surface area (Å²) in [6.07, 6.45) is 2.70. The Balaban J connectivity index is 2.31. The van der Waals surface area contributed by atoms with Gasteiger partial charge < -0.3 is 0 Å². The van der Waals surface area contributed by atoms with Crippen LogP contribution in [0.25, 0.3) is 0 Å². The maximum absolute atomic E-state index is 12.5. The molecule has 106 valence electrons. The number of aromatic nitrogens is 2. The SMILES string of the molecule is CCCn1ncc(Br)c1C(=O)Cc1c(Cl)cccc1Cl. The molecule has 0 atom stereocenters. The summed E-state index contributed by atoms with van der Waals surface area (Å²) in [5, 5.41) is 5.20. The molecule has 0 unspecified atom stereocenters. The van der Waals surface area contributed by atoms with Gasteiger partial charge in [-0.1, -0.05) is 36.2 Å². The van der Waals surface area contributed by atoms with Crippen molar-refractivity contribution in [1.82, 2.24) is 9.78 Å². The fourth-order valence-electron chi connectivity index (χ4n) is 1.97. The molecule has 0 spiro atoms. The van der Waals surface area contributed by atoms with E-state index >= 15 is 0 Å². The highest BCUT2D eigenvalue weighted by molar-refractivity contribution is 9.10. The molecule has 0 bridgehead atoms. The van der Waals surface area contributed by atoms with Gasteiger partial charge in [0.1, 0.15) is 5.69 Å². The van der Waals surface area contributed by atoms with Gasteiger partial charge in [0.05, 0.1) is 10.7 Å². The topological polar surface area (TPSA) is 34.9 Å². The molecular weight excluding hydrogens is 363 g/mol. The van der Waals surface area contributed by atoms with Gasteiger partial charge in [0, 0.05) is 23.0 Å². The molecule has 1 aromatic heterocycles. The van der Waals surface area contributed by atoms with Crippen LogP contribution in [-0.4, -0.2) is 15.6 Å². The Bertz CT molecular complexity index is 620. The molecule has 0 aliphatic rings. The van der Waals surface area contributed by atoms with Crippen molar-refractivity contribution in [3.63, 3.8) is 0 Å². The van der Waals surface area contributed by atoms with Crippen molar-refractivity contribution in [2.24, 2.45) is 0 Å². The first-order valence-corrected chi connectivity index (χ1v) is 7.76. The summed E-state index contributed by atoms with van der Waals surface area (Å²) in [5.41, 5.74) is 1.21. The van der Waals surface area contributed by atoms with Gasteiger partial charge in [0.2, 0.25) is 0 Å².